The highest BCUT2D eigenvalue weighted by molar-refractivity contribution is 6.32. The van der Waals surface area contributed by atoms with Gasteiger partial charge in [-0.2, -0.15) is 0 Å². The summed E-state index contributed by atoms with van der Waals surface area (Å²) in [5.41, 5.74) is 0.309. The molecule has 0 unspecified atom stereocenters. The molecule has 1 N–H and O–H groups in total. The van der Waals surface area contributed by atoms with Crippen LogP contribution in [0.3, 0.4) is 0 Å². The molecule has 6 nitrogen and oxygen atoms in total. The van der Waals surface area contributed by atoms with Crippen LogP contribution in [0.5, 0.6) is 17.4 Å². The van der Waals surface area contributed by atoms with Gasteiger partial charge in [-0.25, -0.2) is 4.98 Å². The normalized spacial score (nSPS) is 10.2. The van der Waals surface area contributed by atoms with Gasteiger partial charge < -0.3 is 9.84 Å². The van der Waals surface area contributed by atoms with Crippen molar-refractivity contribution in [2.75, 3.05) is 0 Å². The van der Waals surface area contributed by atoms with Crippen molar-refractivity contribution >= 4 is 17.3 Å². The molecule has 1 heterocycles. The number of pyridine rings is 1. The van der Waals surface area contributed by atoms with Crippen LogP contribution in [0.1, 0.15) is 5.56 Å². The fourth-order valence-corrected chi connectivity index (χ4v) is 1.61. The standard InChI is InChI=1S/C12H9ClN2O4/c1-7-10(16)3-2-4-11(7)19-12-9(13)5-8(6-14-12)15(17)18/h2-6,16H,1H3. The van der Waals surface area contributed by atoms with Gasteiger partial charge in [-0.15, -0.1) is 0 Å². The Morgan fingerprint density at radius 2 is 2.21 bits per heavy atom. The van der Waals surface area contributed by atoms with Gasteiger partial charge in [0, 0.05) is 11.6 Å². The van der Waals surface area contributed by atoms with Crippen molar-refractivity contribution in [3.63, 3.8) is 0 Å². The number of hydrogen-bond acceptors (Lipinski definition) is 5. The smallest absolute Gasteiger partial charge is 0.289 e. The Morgan fingerprint density at radius 3 is 2.84 bits per heavy atom. The first kappa shape index (κ1) is 13.1. The number of phenols is 1. The number of nitrogens with zero attached hydrogens (tertiary/aromatic N) is 2. The van der Waals surface area contributed by atoms with Crippen molar-refractivity contribution in [3.8, 4) is 17.4 Å². The fourth-order valence-electron chi connectivity index (χ4n) is 1.41. The van der Waals surface area contributed by atoms with Crippen molar-refractivity contribution in [3.05, 3.63) is 51.2 Å². The van der Waals surface area contributed by atoms with Crippen LogP contribution in [-0.4, -0.2) is 15.0 Å². The summed E-state index contributed by atoms with van der Waals surface area (Å²) in [5, 5.41) is 20.1. The molecule has 98 valence electrons. The van der Waals surface area contributed by atoms with Gasteiger partial charge in [0.25, 0.3) is 5.69 Å². The van der Waals surface area contributed by atoms with Gasteiger partial charge in [0.1, 0.15) is 22.7 Å². The molecule has 2 rings (SSSR count). The maximum absolute atomic E-state index is 10.6. The van der Waals surface area contributed by atoms with Crippen LogP contribution in [0.4, 0.5) is 5.69 Å². The van der Waals surface area contributed by atoms with Crippen molar-refractivity contribution in [1.82, 2.24) is 4.98 Å². The Morgan fingerprint density at radius 1 is 1.47 bits per heavy atom. The molecule has 19 heavy (non-hydrogen) atoms. The summed E-state index contributed by atoms with van der Waals surface area (Å²) in [6.07, 6.45) is 1.05. The average molecular weight is 281 g/mol. The highest BCUT2D eigenvalue weighted by Gasteiger charge is 2.14. The Kier molecular flexibility index (Phi) is 3.52. The lowest BCUT2D eigenvalue weighted by Crippen LogP contribution is -1.94. The van der Waals surface area contributed by atoms with E-state index in [1.54, 1.807) is 19.1 Å². The van der Waals surface area contributed by atoms with Gasteiger partial charge in [-0.1, -0.05) is 17.7 Å². The number of ether oxygens (including phenoxy) is 1. The van der Waals surface area contributed by atoms with Gasteiger partial charge in [0.05, 0.1) is 4.92 Å². The summed E-state index contributed by atoms with van der Waals surface area (Å²) in [5.74, 6) is 0.500. The number of benzene rings is 1. The van der Waals surface area contributed by atoms with Crippen LogP contribution in [0.15, 0.2) is 30.5 Å². The molecule has 1 aromatic carbocycles. The second kappa shape index (κ2) is 5.11. The molecule has 0 saturated heterocycles. The largest absolute Gasteiger partial charge is 0.508 e. The van der Waals surface area contributed by atoms with E-state index in [9.17, 15) is 15.2 Å². The summed E-state index contributed by atoms with van der Waals surface area (Å²) in [7, 11) is 0. The highest BCUT2D eigenvalue weighted by Crippen LogP contribution is 2.33. The van der Waals surface area contributed by atoms with E-state index in [1.807, 2.05) is 0 Å². The minimum absolute atomic E-state index is 0.0249. The zero-order chi connectivity index (χ0) is 14.0. The van der Waals surface area contributed by atoms with E-state index in [2.05, 4.69) is 4.98 Å². The van der Waals surface area contributed by atoms with Crippen LogP contribution in [0, 0.1) is 17.0 Å². The third kappa shape index (κ3) is 2.74. The monoisotopic (exact) mass is 280 g/mol. The van der Waals surface area contributed by atoms with Gasteiger partial charge >= 0.3 is 0 Å². The Hall–Kier alpha value is -2.34. The molecule has 0 fully saturated rings. The number of aromatic hydroxyl groups is 1. The Bertz CT molecular complexity index is 646. The molecular formula is C12H9ClN2O4. The fraction of sp³-hybridized carbons (Fsp3) is 0.0833. The number of phenolic OH excluding ortho intramolecular Hbond substituents is 1. The van der Waals surface area contributed by atoms with Crippen molar-refractivity contribution in [1.29, 1.82) is 0 Å². The summed E-state index contributed by atoms with van der Waals surface area (Å²) in [6.45, 7) is 1.67. The average Bonchev–Trinajstić information content (AvgIpc) is 2.37. The molecule has 0 amide bonds. The van der Waals surface area contributed by atoms with Crippen LogP contribution in [0.2, 0.25) is 5.02 Å². The zero-order valence-corrected chi connectivity index (χ0v) is 10.6. The second-order valence-electron chi connectivity index (χ2n) is 3.74. The molecule has 0 atom stereocenters. The van der Waals surface area contributed by atoms with Gasteiger partial charge in [-0.3, -0.25) is 10.1 Å². The van der Waals surface area contributed by atoms with E-state index in [4.69, 9.17) is 16.3 Å². The maximum atomic E-state index is 10.6. The van der Waals surface area contributed by atoms with E-state index in [1.165, 1.54) is 6.07 Å². The predicted octanol–water partition coefficient (Wildman–Crippen LogP) is 3.45. The highest BCUT2D eigenvalue weighted by atomic mass is 35.5. The lowest BCUT2D eigenvalue weighted by atomic mass is 10.2. The topological polar surface area (TPSA) is 85.5 Å². The van der Waals surface area contributed by atoms with Crippen molar-refractivity contribution < 1.29 is 14.8 Å². The van der Waals surface area contributed by atoms with Crippen LogP contribution in [-0.2, 0) is 0 Å². The lowest BCUT2D eigenvalue weighted by Gasteiger charge is -2.09. The van der Waals surface area contributed by atoms with E-state index < -0.39 is 4.92 Å². The zero-order valence-electron chi connectivity index (χ0n) is 9.83. The minimum Gasteiger partial charge on any atom is -0.508 e. The molecule has 0 bridgehead atoms. The number of halogens is 1. The van der Waals surface area contributed by atoms with Crippen LogP contribution >= 0.6 is 11.6 Å². The molecule has 0 aliphatic rings. The molecule has 1 aromatic heterocycles. The number of hydrogen-bond donors (Lipinski definition) is 1. The molecule has 2 aromatic rings. The third-order valence-electron chi connectivity index (χ3n) is 2.47. The van der Waals surface area contributed by atoms with Crippen molar-refractivity contribution in [2.45, 2.75) is 6.92 Å². The van der Waals surface area contributed by atoms with Gasteiger partial charge in [-0.05, 0) is 19.1 Å². The van der Waals surface area contributed by atoms with E-state index in [-0.39, 0.29) is 22.3 Å². The van der Waals surface area contributed by atoms with E-state index in [0.29, 0.717) is 11.3 Å². The van der Waals surface area contributed by atoms with E-state index in [0.717, 1.165) is 12.3 Å². The molecule has 0 spiro atoms. The first-order chi connectivity index (χ1) is 8.99. The van der Waals surface area contributed by atoms with Crippen LogP contribution < -0.4 is 4.74 Å². The predicted molar refractivity (Wildman–Crippen MR) is 68.8 cm³/mol. The summed E-state index contributed by atoms with van der Waals surface area (Å²) in [4.78, 5) is 13.7. The van der Waals surface area contributed by atoms with Gasteiger partial charge in [0.15, 0.2) is 0 Å². The number of nitro groups is 1. The SMILES string of the molecule is Cc1c(O)cccc1Oc1ncc([N+](=O)[O-])cc1Cl. The first-order valence-corrected chi connectivity index (χ1v) is 5.63. The Balaban J connectivity index is 2.34. The molecular weight excluding hydrogens is 272 g/mol. The maximum Gasteiger partial charge on any atom is 0.289 e. The van der Waals surface area contributed by atoms with Gasteiger partial charge in [0.2, 0.25) is 5.88 Å². The molecule has 0 aliphatic carbocycles. The lowest BCUT2D eigenvalue weighted by molar-refractivity contribution is -0.385. The number of rotatable bonds is 3. The first-order valence-electron chi connectivity index (χ1n) is 5.25. The summed E-state index contributed by atoms with van der Waals surface area (Å²) >= 11 is 5.86. The minimum atomic E-state index is -0.595. The molecule has 0 aliphatic heterocycles. The quantitative estimate of drug-likeness (QED) is 0.687. The van der Waals surface area contributed by atoms with Crippen LogP contribution in [0.25, 0.3) is 0 Å². The summed E-state index contributed by atoms with van der Waals surface area (Å²) < 4.78 is 5.43. The molecule has 0 radical (unpaired) electrons. The Labute approximate surface area is 113 Å². The van der Waals surface area contributed by atoms with E-state index >= 15 is 0 Å². The number of aromatic nitrogens is 1. The molecule has 7 heteroatoms. The summed E-state index contributed by atoms with van der Waals surface area (Å²) in [6, 6.07) is 5.92. The third-order valence-corrected chi connectivity index (χ3v) is 2.74. The van der Waals surface area contributed by atoms with Crippen molar-refractivity contribution in [2.24, 2.45) is 0 Å². The molecule has 0 saturated carbocycles. The second-order valence-corrected chi connectivity index (χ2v) is 4.15.